The van der Waals surface area contributed by atoms with Gasteiger partial charge in [0.15, 0.2) is 0 Å². The molecule has 0 aliphatic carbocycles. The minimum Gasteiger partial charge on any atom is -0.350 e. The Morgan fingerprint density at radius 1 is 1.07 bits per heavy atom. The molecule has 0 bridgehead atoms. The summed E-state index contributed by atoms with van der Waals surface area (Å²) in [5.74, 6) is -0.0813. The van der Waals surface area contributed by atoms with Crippen molar-refractivity contribution in [2.45, 2.75) is 39.7 Å². The van der Waals surface area contributed by atoms with E-state index in [1.54, 1.807) is 24.3 Å². The van der Waals surface area contributed by atoms with Crippen molar-refractivity contribution in [3.8, 4) is 0 Å². The Balaban J connectivity index is 1.91. The van der Waals surface area contributed by atoms with E-state index in [2.05, 4.69) is 31.3 Å². The van der Waals surface area contributed by atoms with E-state index in [4.69, 9.17) is 0 Å². The van der Waals surface area contributed by atoms with Gasteiger partial charge in [0.05, 0.1) is 18.0 Å². The van der Waals surface area contributed by atoms with Crippen molar-refractivity contribution >= 4 is 21.6 Å². The van der Waals surface area contributed by atoms with Crippen molar-refractivity contribution in [3.63, 3.8) is 0 Å². The number of carbonyl (C=O) groups is 1. The molecule has 1 amide bonds. The van der Waals surface area contributed by atoms with E-state index in [0.717, 1.165) is 5.56 Å². The fourth-order valence-corrected chi connectivity index (χ4v) is 3.86. The van der Waals surface area contributed by atoms with Gasteiger partial charge >= 0.3 is 0 Å². The van der Waals surface area contributed by atoms with Crippen LogP contribution in [0.15, 0.2) is 48.5 Å². The molecular weight excluding hydrogens is 360 g/mol. The fourth-order valence-electron chi connectivity index (χ4n) is 2.89. The molecule has 1 atom stereocenters. The van der Waals surface area contributed by atoms with Crippen LogP contribution in [-0.4, -0.2) is 27.1 Å². The van der Waals surface area contributed by atoms with Gasteiger partial charge in [-0.25, -0.2) is 8.42 Å². The van der Waals surface area contributed by atoms with Crippen LogP contribution in [0.1, 0.15) is 42.5 Å². The average Bonchev–Trinajstić information content (AvgIpc) is 2.60. The standard InChI is InChI=1S/C21H28N2O3S/c1-16-12-13-19(15-17(16)2)18(3)22-21(24)11-8-14-23(27(4,25)26)20-9-6-5-7-10-20/h5-7,9-10,12-13,15,18H,8,11,14H2,1-4H3,(H,22,24). The van der Waals surface area contributed by atoms with Crippen molar-refractivity contribution in [1.29, 1.82) is 0 Å². The predicted molar refractivity (Wildman–Crippen MR) is 110 cm³/mol. The highest BCUT2D eigenvalue weighted by Crippen LogP contribution is 2.19. The number of anilines is 1. The molecule has 1 unspecified atom stereocenters. The molecule has 0 aliphatic heterocycles. The molecule has 2 aromatic rings. The van der Waals surface area contributed by atoms with Gasteiger partial charge in [-0.2, -0.15) is 0 Å². The van der Waals surface area contributed by atoms with Gasteiger partial charge in [-0.1, -0.05) is 36.4 Å². The van der Waals surface area contributed by atoms with Gasteiger partial charge in [0.1, 0.15) is 0 Å². The average molecular weight is 389 g/mol. The summed E-state index contributed by atoms with van der Waals surface area (Å²) in [6, 6.07) is 15.0. The minimum atomic E-state index is -3.39. The molecule has 0 radical (unpaired) electrons. The van der Waals surface area contributed by atoms with Crippen molar-refractivity contribution in [2.24, 2.45) is 0 Å². The zero-order chi connectivity index (χ0) is 20.0. The Morgan fingerprint density at radius 2 is 1.74 bits per heavy atom. The molecule has 1 N–H and O–H groups in total. The zero-order valence-corrected chi connectivity index (χ0v) is 17.2. The first kappa shape index (κ1) is 21.0. The predicted octanol–water partition coefficient (Wildman–Crippen LogP) is 3.73. The van der Waals surface area contributed by atoms with Gasteiger partial charge < -0.3 is 5.32 Å². The topological polar surface area (TPSA) is 66.5 Å². The number of hydrogen-bond donors (Lipinski definition) is 1. The van der Waals surface area contributed by atoms with Crippen LogP contribution < -0.4 is 9.62 Å². The Hall–Kier alpha value is -2.34. The van der Waals surface area contributed by atoms with E-state index < -0.39 is 10.0 Å². The summed E-state index contributed by atoms with van der Waals surface area (Å²) in [7, 11) is -3.39. The van der Waals surface area contributed by atoms with Crippen LogP contribution in [-0.2, 0) is 14.8 Å². The number of nitrogens with zero attached hydrogens (tertiary/aromatic N) is 1. The number of para-hydroxylation sites is 1. The summed E-state index contributed by atoms with van der Waals surface area (Å²) < 4.78 is 25.5. The molecular formula is C21H28N2O3S. The number of benzene rings is 2. The summed E-state index contributed by atoms with van der Waals surface area (Å²) >= 11 is 0. The number of rotatable bonds is 8. The molecule has 0 saturated carbocycles. The van der Waals surface area contributed by atoms with Crippen molar-refractivity contribution in [2.75, 3.05) is 17.1 Å². The van der Waals surface area contributed by atoms with Gasteiger partial charge in [-0.3, -0.25) is 9.10 Å². The van der Waals surface area contributed by atoms with Gasteiger partial charge in [0, 0.05) is 13.0 Å². The number of hydrogen-bond acceptors (Lipinski definition) is 3. The molecule has 2 rings (SSSR count). The molecule has 5 nitrogen and oxygen atoms in total. The highest BCUT2D eigenvalue weighted by molar-refractivity contribution is 7.92. The molecule has 0 aromatic heterocycles. The summed E-state index contributed by atoms with van der Waals surface area (Å²) in [5.41, 5.74) is 4.09. The summed E-state index contributed by atoms with van der Waals surface area (Å²) in [6.45, 7) is 6.34. The van der Waals surface area contributed by atoms with Crippen LogP contribution in [0.25, 0.3) is 0 Å². The molecule has 6 heteroatoms. The molecule has 0 aliphatic rings. The third-order valence-electron chi connectivity index (χ3n) is 4.62. The van der Waals surface area contributed by atoms with Crippen molar-refractivity contribution < 1.29 is 13.2 Å². The van der Waals surface area contributed by atoms with Gasteiger partial charge in [0.25, 0.3) is 0 Å². The second kappa shape index (κ2) is 9.04. The van der Waals surface area contributed by atoms with E-state index in [0.29, 0.717) is 12.1 Å². The first-order valence-electron chi connectivity index (χ1n) is 9.08. The van der Waals surface area contributed by atoms with E-state index in [-0.39, 0.29) is 24.9 Å². The smallest absolute Gasteiger partial charge is 0.232 e. The lowest BCUT2D eigenvalue weighted by Gasteiger charge is -2.22. The summed E-state index contributed by atoms with van der Waals surface area (Å²) in [5, 5.41) is 2.99. The fraction of sp³-hybridized carbons (Fsp3) is 0.381. The third-order valence-corrected chi connectivity index (χ3v) is 5.81. The molecule has 0 heterocycles. The molecule has 0 saturated heterocycles. The van der Waals surface area contributed by atoms with Crippen LogP contribution in [0.2, 0.25) is 0 Å². The Morgan fingerprint density at radius 3 is 2.33 bits per heavy atom. The van der Waals surface area contributed by atoms with E-state index in [1.807, 2.05) is 19.1 Å². The normalized spacial score (nSPS) is 12.4. The first-order chi connectivity index (χ1) is 12.7. The Kier molecular flexibility index (Phi) is 7.02. The maximum Gasteiger partial charge on any atom is 0.232 e. The monoisotopic (exact) mass is 388 g/mol. The maximum atomic E-state index is 12.3. The van der Waals surface area contributed by atoms with Crippen LogP contribution in [0.4, 0.5) is 5.69 Å². The molecule has 0 spiro atoms. The van der Waals surface area contributed by atoms with E-state index in [1.165, 1.54) is 21.7 Å². The number of aryl methyl sites for hydroxylation is 2. The number of carbonyl (C=O) groups excluding carboxylic acids is 1. The second-order valence-corrected chi connectivity index (χ2v) is 8.81. The lowest BCUT2D eigenvalue weighted by Crippen LogP contribution is -2.32. The maximum absolute atomic E-state index is 12.3. The minimum absolute atomic E-state index is 0.0813. The SMILES string of the molecule is Cc1ccc(C(C)NC(=O)CCCN(c2ccccc2)S(C)(=O)=O)cc1C. The van der Waals surface area contributed by atoms with Crippen molar-refractivity contribution in [3.05, 3.63) is 65.2 Å². The quantitative estimate of drug-likeness (QED) is 0.749. The highest BCUT2D eigenvalue weighted by atomic mass is 32.2. The molecule has 27 heavy (non-hydrogen) atoms. The van der Waals surface area contributed by atoms with E-state index >= 15 is 0 Å². The van der Waals surface area contributed by atoms with Crippen LogP contribution >= 0.6 is 0 Å². The number of amides is 1. The Bertz CT molecular complexity index is 880. The van der Waals surface area contributed by atoms with Gasteiger partial charge in [-0.15, -0.1) is 0 Å². The molecule has 2 aromatic carbocycles. The lowest BCUT2D eigenvalue weighted by molar-refractivity contribution is -0.121. The van der Waals surface area contributed by atoms with Gasteiger partial charge in [-0.05, 0) is 56.0 Å². The highest BCUT2D eigenvalue weighted by Gasteiger charge is 2.17. The lowest BCUT2D eigenvalue weighted by atomic mass is 10.0. The second-order valence-electron chi connectivity index (χ2n) is 6.91. The third kappa shape index (κ3) is 6.10. The zero-order valence-electron chi connectivity index (χ0n) is 16.4. The first-order valence-corrected chi connectivity index (χ1v) is 10.9. The van der Waals surface area contributed by atoms with Crippen LogP contribution in [0.3, 0.4) is 0 Å². The molecule has 0 fully saturated rings. The Labute approximate surface area is 162 Å². The van der Waals surface area contributed by atoms with Crippen LogP contribution in [0.5, 0.6) is 0 Å². The number of nitrogens with one attached hydrogen (secondary N) is 1. The molecule has 146 valence electrons. The van der Waals surface area contributed by atoms with Crippen molar-refractivity contribution in [1.82, 2.24) is 5.32 Å². The summed E-state index contributed by atoms with van der Waals surface area (Å²) in [6.07, 6.45) is 1.91. The van der Waals surface area contributed by atoms with E-state index in [9.17, 15) is 13.2 Å². The number of sulfonamides is 1. The summed E-state index contributed by atoms with van der Waals surface area (Å²) in [4.78, 5) is 12.3. The van der Waals surface area contributed by atoms with Crippen LogP contribution in [0, 0.1) is 13.8 Å². The van der Waals surface area contributed by atoms with Gasteiger partial charge in [0.2, 0.25) is 15.9 Å². The largest absolute Gasteiger partial charge is 0.350 e.